The third-order valence-corrected chi connectivity index (χ3v) is 2.43. The first-order valence-electron chi connectivity index (χ1n) is 4.12. The first-order chi connectivity index (χ1) is 6.29. The van der Waals surface area contributed by atoms with Crippen LogP contribution in [-0.2, 0) is 0 Å². The van der Waals surface area contributed by atoms with Crippen molar-refractivity contribution >= 4 is 21.6 Å². The van der Waals surface area contributed by atoms with E-state index in [4.69, 9.17) is 5.26 Å². The van der Waals surface area contributed by atoms with Crippen molar-refractivity contribution in [2.75, 3.05) is 5.33 Å². The van der Waals surface area contributed by atoms with E-state index in [1.54, 1.807) is 12.3 Å². The van der Waals surface area contributed by atoms with Crippen LogP contribution in [0.5, 0.6) is 0 Å². The van der Waals surface area contributed by atoms with E-state index in [1.807, 2.05) is 6.08 Å². The summed E-state index contributed by atoms with van der Waals surface area (Å²) in [6.45, 7) is 3.67. The Morgan fingerprint density at radius 3 is 2.77 bits per heavy atom. The second kappa shape index (κ2) is 4.38. The lowest BCUT2D eigenvalue weighted by atomic mass is 10.0. The predicted octanol–water partition coefficient (Wildman–Crippen LogP) is 2.83. The van der Waals surface area contributed by atoms with E-state index in [-0.39, 0.29) is 5.41 Å². The largest absolute Gasteiger partial charge is 0.260 e. The zero-order valence-electron chi connectivity index (χ0n) is 7.33. The van der Waals surface area contributed by atoms with Crippen molar-refractivity contribution in [1.29, 1.82) is 5.26 Å². The molecule has 68 valence electrons. The summed E-state index contributed by atoms with van der Waals surface area (Å²) in [6, 6.07) is 2.28. The molecule has 0 N–H and O–H groups in total. The molecule has 0 heterocycles. The van der Waals surface area contributed by atoms with Crippen molar-refractivity contribution in [3.63, 3.8) is 0 Å². The molecule has 0 aliphatic heterocycles. The van der Waals surface area contributed by atoms with Crippen LogP contribution >= 0.6 is 15.9 Å². The third kappa shape index (κ3) is 2.28. The molecule has 0 bridgehead atoms. The normalized spacial score (nSPS) is 19.8. The van der Waals surface area contributed by atoms with Crippen LogP contribution in [-0.4, -0.2) is 11.0 Å². The average Bonchev–Trinajstić information content (AvgIpc) is 2.93. The molecule has 0 unspecified atom stereocenters. The van der Waals surface area contributed by atoms with Crippen LogP contribution in [0.4, 0.5) is 0 Å². The van der Waals surface area contributed by atoms with Gasteiger partial charge in [0.2, 0.25) is 0 Å². The van der Waals surface area contributed by atoms with Gasteiger partial charge in [-0.1, -0.05) is 28.6 Å². The van der Waals surface area contributed by atoms with Crippen LogP contribution in [0.15, 0.2) is 29.9 Å². The van der Waals surface area contributed by atoms with Gasteiger partial charge in [-0.05, 0) is 18.9 Å². The molecule has 0 aromatic rings. The Hall–Kier alpha value is -0.880. The molecule has 0 amide bonds. The summed E-state index contributed by atoms with van der Waals surface area (Å²) in [5, 5.41) is 9.68. The predicted molar refractivity (Wildman–Crippen MR) is 57.8 cm³/mol. The van der Waals surface area contributed by atoms with Gasteiger partial charge >= 0.3 is 0 Å². The Morgan fingerprint density at radius 1 is 1.69 bits per heavy atom. The van der Waals surface area contributed by atoms with Crippen molar-refractivity contribution < 1.29 is 0 Å². The van der Waals surface area contributed by atoms with Crippen LogP contribution < -0.4 is 0 Å². The third-order valence-electron chi connectivity index (χ3n) is 2.06. The minimum Gasteiger partial charge on any atom is -0.260 e. The van der Waals surface area contributed by atoms with Crippen LogP contribution in [0.25, 0.3) is 0 Å². The van der Waals surface area contributed by atoms with E-state index in [1.165, 1.54) is 0 Å². The summed E-state index contributed by atoms with van der Waals surface area (Å²) < 4.78 is 0. The molecule has 0 aromatic heterocycles. The number of alkyl halides is 1. The highest BCUT2D eigenvalue weighted by molar-refractivity contribution is 9.09. The summed E-state index contributed by atoms with van der Waals surface area (Å²) in [7, 11) is 0. The second-order valence-electron chi connectivity index (χ2n) is 2.95. The van der Waals surface area contributed by atoms with Gasteiger partial charge < -0.3 is 0 Å². The van der Waals surface area contributed by atoms with Gasteiger partial charge in [0.25, 0.3) is 0 Å². The maximum Gasteiger partial charge on any atom is 0.0994 e. The maximum atomic E-state index is 8.90. The molecule has 1 rings (SSSR count). The molecule has 1 aliphatic rings. The lowest BCUT2D eigenvalue weighted by molar-refractivity contribution is 0.942. The molecule has 0 aromatic carbocycles. The number of nitriles is 1. The van der Waals surface area contributed by atoms with E-state index >= 15 is 0 Å². The monoisotopic (exact) mass is 238 g/mol. The molecule has 1 fully saturated rings. The highest BCUT2D eigenvalue weighted by Gasteiger charge is 2.46. The van der Waals surface area contributed by atoms with Gasteiger partial charge in [0.15, 0.2) is 0 Å². The zero-order chi connectivity index (χ0) is 9.73. The lowest BCUT2D eigenvalue weighted by Gasteiger charge is -2.02. The number of rotatable bonds is 4. The quantitative estimate of drug-likeness (QED) is 0.548. The molecule has 0 radical (unpaired) electrons. The Balaban J connectivity index is 2.74. The summed E-state index contributed by atoms with van der Waals surface area (Å²) in [4.78, 5) is 4.20. The molecule has 1 saturated carbocycles. The van der Waals surface area contributed by atoms with Gasteiger partial charge in [-0.2, -0.15) is 5.26 Å². The maximum absolute atomic E-state index is 8.90. The molecule has 13 heavy (non-hydrogen) atoms. The van der Waals surface area contributed by atoms with Crippen LogP contribution in [0, 0.1) is 16.7 Å². The highest BCUT2D eigenvalue weighted by Crippen LogP contribution is 2.46. The standard InChI is InChI=1S/C10H11BrN2/c1-2-9(13-7-3-6-11)10(8-12)4-5-10/h2-3,7H,1,4-6H2/b7-3-,13-9?. The van der Waals surface area contributed by atoms with Gasteiger partial charge in [-0.3, -0.25) is 4.99 Å². The molecule has 0 saturated heterocycles. The molecular weight excluding hydrogens is 228 g/mol. The Labute approximate surface area is 86.8 Å². The van der Waals surface area contributed by atoms with E-state index in [2.05, 4.69) is 33.6 Å². The minimum absolute atomic E-state index is 0.321. The van der Waals surface area contributed by atoms with Crippen LogP contribution in [0.2, 0.25) is 0 Å². The molecule has 3 heteroatoms. The van der Waals surface area contributed by atoms with Crippen LogP contribution in [0.3, 0.4) is 0 Å². The SMILES string of the molecule is C=CC(=N/C=C\CBr)C1(C#N)CC1. The Kier molecular flexibility index (Phi) is 3.44. The van der Waals surface area contributed by atoms with Gasteiger partial charge in [0.05, 0.1) is 17.2 Å². The van der Waals surface area contributed by atoms with Gasteiger partial charge in [-0.25, -0.2) is 0 Å². The summed E-state index contributed by atoms with van der Waals surface area (Å²) in [5.41, 5.74) is 0.477. The van der Waals surface area contributed by atoms with Gasteiger partial charge in [-0.15, -0.1) is 0 Å². The van der Waals surface area contributed by atoms with Crippen LogP contribution in [0.1, 0.15) is 12.8 Å². The lowest BCUT2D eigenvalue weighted by Crippen LogP contribution is -2.09. The minimum atomic E-state index is -0.321. The van der Waals surface area contributed by atoms with Gasteiger partial charge in [0.1, 0.15) is 0 Å². The van der Waals surface area contributed by atoms with Crippen molar-refractivity contribution in [2.45, 2.75) is 12.8 Å². The Bertz CT molecular complexity index is 293. The van der Waals surface area contributed by atoms with E-state index in [9.17, 15) is 0 Å². The molecule has 0 spiro atoms. The van der Waals surface area contributed by atoms with Crippen molar-refractivity contribution in [1.82, 2.24) is 0 Å². The average molecular weight is 239 g/mol. The molecule has 0 atom stereocenters. The Morgan fingerprint density at radius 2 is 2.38 bits per heavy atom. The smallest absolute Gasteiger partial charge is 0.0994 e. The van der Waals surface area contributed by atoms with Crippen molar-refractivity contribution in [3.8, 4) is 6.07 Å². The summed E-state index contributed by atoms with van der Waals surface area (Å²) >= 11 is 3.26. The highest BCUT2D eigenvalue weighted by atomic mass is 79.9. The van der Waals surface area contributed by atoms with E-state index in [0.29, 0.717) is 0 Å². The number of nitrogens with zero attached hydrogens (tertiary/aromatic N) is 2. The fourth-order valence-corrected chi connectivity index (χ4v) is 1.26. The fourth-order valence-electron chi connectivity index (χ4n) is 1.09. The number of hydrogen-bond donors (Lipinski definition) is 0. The number of hydrogen-bond acceptors (Lipinski definition) is 2. The van der Waals surface area contributed by atoms with Crippen molar-refractivity contribution in [2.24, 2.45) is 10.4 Å². The van der Waals surface area contributed by atoms with Crippen molar-refractivity contribution in [3.05, 3.63) is 24.9 Å². The number of allylic oxidation sites excluding steroid dienone is 2. The second-order valence-corrected chi connectivity index (χ2v) is 3.60. The zero-order valence-corrected chi connectivity index (χ0v) is 8.92. The first kappa shape index (κ1) is 10.2. The first-order valence-corrected chi connectivity index (χ1v) is 5.24. The topological polar surface area (TPSA) is 36.1 Å². The summed E-state index contributed by atoms with van der Waals surface area (Å²) in [6.07, 6.45) is 7.10. The number of aliphatic imine (C=N–C) groups is 1. The molecule has 1 aliphatic carbocycles. The fraction of sp³-hybridized carbons (Fsp3) is 0.400. The summed E-state index contributed by atoms with van der Waals surface area (Å²) in [5.74, 6) is 0. The van der Waals surface area contributed by atoms with Gasteiger partial charge in [0, 0.05) is 11.5 Å². The molecular formula is C10H11BrN2. The van der Waals surface area contributed by atoms with E-state index in [0.717, 1.165) is 23.9 Å². The molecule has 2 nitrogen and oxygen atoms in total. The van der Waals surface area contributed by atoms with E-state index < -0.39 is 0 Å². The number of halogens is 1.